The molecule has 0 atom stereocenters. The van der Waals surface area contributed by atoms with Gasteiger partial charge in [-0.15, -0.1) is 0 Å². The van der Waals surface area contributed by atoms with Crippen molar-refractivity contribution in [3.63, 3.8) is 0 Å². The topological polar surface area (TPSA) is 30.7 Å². The van der Waals surface area contributed by atoms with Crippen LogP contribution in [0, 0.1) is 22.1 Å². The summed E-state index contributed by atoms with van der Waals surface area (Å²) in [6.07, 6.45) is 1.74. The molecule has 20 heavy (non-hydrogen) atoms. The van der Waals surface area contributed by atoms with Crippen molar-refractivity contribution in [1.82, 2.24) is 14.5 Å². The molecule has 2 heterocycles. The van der Waals surface area contributed by atoms with E-state index in [4.69, 9.17) is 0 Å². The molecule has 0 saturated carbocycles. The number of imidazole rings is 1. The number of aryl methyl sites for hydroxylation is 1. The highest BCUT2D eigenvalue weighted by Gasteiger charge is 2.10. The lowest BCUT2D eigenvalue weighted by Crippen LogP contribution is -2.03. The largest absolute Gasteiger partial charge is 0.322 e. The third kappa shape index (κ3) is 2.52. The SMILES string of the molecule is Cc1nc2ncc(I)cc2n1Cc1cc(F)cc(F)c1. The molecule has 0 aliphatic rings. The summed E-state index contributed by atoms with van der Waals surface area (Å²) in [6, 6.07) is 5.48. The van der Waals surface area contributed by atoms with Gasteiger partial charge in [0.25, 0.3) is 0 Å². The molecule has 6 heteroatoms. The second kappa shape index (κ2) is 5.08. The van der Waals surface area contributed by atoms with Gasteiger partial charge in [-0.05, 0) is 53.3 Å². The maximum absolute atomic E-state index is 13.3. The van der Waals surface area contributed by atoms with Crippen molar-refractivity contribution in [2.45, 2.75) is 13.5 Å². The van der Waals surface area contributed by atoms with Crippen LogP contribution in [0.15, 0.2) is 30.5 Å². The van der Waals surface area contributed by atoms with Crippen LogP contribution in [0.5, 0.6) is 0 Å². The first-order chi connectivity index (χ1) is 9.52. The van der Waals surface area contributed by atoms with Gasteiger partial charge in [-0.25, -0.2) is 18.7 Å². The standard InChI is InChI=1S/C14H10F2IN3/c1-8-19-14-13(5-12(17)6-18-14)20(8)7-9-2-10(15)4-11(16)3-9/h2-6H,7H2,1H3. The maximum atomic E-state index is 13.3. The van der Waals surface area contributed by atoms with Gasteiger partial charge in [-0.2, -0.15) is 0 Å². The first-order valence-corrected chi connectivity index (χ1v) is 7.04. The predicted octanol–water partition coefficient (Wildman–Crippen LogP) is 3.67. The Labute approximate surface area is 127 Å². The number of rotatable bonds is 2. The lowest BCUT2D eigenvalue weighted by molar-refractivity contribution is 0.577. The van der Waals surface area contributed by atoms with Crippen LogP contribution in [-0.2, 0) is 6.54 Å². The van der Waals surface area contributed by atoms with Crippen LogP contribution >= 0.6 is 22.6 Å². The van der Waals surface area contributed by atoms with Crippen molar-refractivity contribution < 1.29 is 8.78 Å². The Hall–Kier alpha value is -1.57. The van der Waals surface area contributed by atoms with E-state index in [0.29, 0.717) is 17.8 Å². The molecule has 3 nitrogen and oxygen atoms in total. The van der Waals surface area contributed by atoms with Crippen LogP contribution in [0.1, 0.15) is 11.4 Å². The zero-order chi connectivity index (χ0) is 14.3. The molecule has 0 N–H and O–H groups in total. The number of benzene rings is 1. The van der Waals surface area contributed by atoms with Gasteiger partial charge >= 0.3 is 0 Å². The Morgan fingerprint density at radius 1 is 1.15 bits per heavy atom. The molecular weight excluding hydrogens is 375 g/mol. The molecule has 0 unspecified atom stereocenters. The van der Waals surface area contributed by atoms with E-state index in [1.54, 1.807) is 6.20 Å². The van der Waals surface area contributed by atoms with Gasteiger partial charge in [0.05, 0.1) is 5.52 Å². The van der Waals surface area contributed by atoms with Crippen molar-refractivity contribution in [3.8, 4) is 0 Å². The van der Waals surface area contributed by atoms with Crippen molar-refractivity contribution in [3.05, 3.63) is 57.1 Å². The summed E-state index contributed by atoms with van der Waals surface area (Å²) in [5.74, 6) is -0.385. The summed E-state index contributed by atoms with van der Waals surface area (Å²) in [5, 5.41) is 0. The molecule has 0 aliphatic carbocycles. The number of fused-ring (bicyclic) bond motifs is 1. The smallest absolute Gasteiger partial charge is 0.177 e. The van der Waals surface area contributed by atoms with Crippen LogP contribution in [0.3, 0.4) is 0 Å². The van der Waals surface area contributed by atoms with Gasteiger partial charge in [0.15, 0.2) is 5.65 Å². The van der Waals surface area contributed by atoms with Crippen molar-refractivity contribution >= 4 is 33.8 Å². The molecule has 0 spiro atoms. The Morgan fingerprint density at radius 3 is 2.55 bits per heavy atom. The van der Waals surface area contributed by atoms with Gasteiger partial charge in [0, 0.05) is 22.4 Å². The van der Waals surface area contributed by atoms with Crippen LogP contribution in [0.4, 0.5) is 8.78 Å². The van der Waals surface area contributed by atoms with Crippen molar-refractivity contribution in [2.24, 2.45) is 0 Å². The average molecular weight is 385 g/mol. The Bertz CT molecular complexity index is 778. The summed E-state index contributed by atoms with van der Waals surface area (Å²) < 4.78 is 29.4. The van der Waals surface area contributed by atoms with Crippen molar-refractivity contribution in [1.29, 1.82) is 0 Å². The Kier molecular flexibility index (Phi) is 3.41. The van der Waals surface area contributed by atoms with Crippen LogP contribution in [0.25, 0.3) is 11.2 Å². The molecule has 3 aromatic rings. The molecule has 3 rings (SSSR count). The Balaban J connectivity index is 2.10. The predicted molar refractivity (Wildman–Crippen MR) is 80.4 cm³/mol. The molecule has 0 bridgehead atoms. The number of halogens is 3. The summed E-state index contributed by atoms with van der Waals surface area (Å²) in [7, 11) is 0. The molecule has 0 radical (unpaired) electrons. The monoisotopic (exact) mass is 385 g/mol. The lowest BCUT2D eigenvalue weighted by Gasteiger charge is -2.07. The van der Waals surface area contributed by atoms with E-state index in [0.717, 1.165) is 21.0 Å². The van der Waals surface area contributed by atoms with Gasteiger partial charge in [0.1, 0.15) is 17.5 Å². The van der Waals surface area contributed by atoms with Crippen LogP contribution < -0.4 is 0 Å². The van der Waals surface area contributed by atoms with E-state index in [1.807, 2.05) is 17.6 Å². The van der Waals surface area contributed by atoms with E-state index in [9.17, 15) is 8.78 Å². The summed E-state index contributed by atoms with van der Waals surface area (Å²) in [6.45, 7) is 2.21. The minimum Gasteiger partial charge on any atom is -0.322 e. The average Bonchev–Trinajstić information content (AvgIpc) is 2.65. The third-order valence-electron chi connectivity index (χ3n) is 3.03. The minimum absolute atomic E-state index is 0.360. The number of aromatic nitrogens is 3. The van der Waals surface area contributed by atoms with Gasteiger partial charge in [-0.3, -0.25) is 0 Å². The van der Waals surface area contributed by atoms with Gasteiger partial charge in [0.2, 0.25) is 0 Å². The number of pyridine rings is 1. The highest BCUT2D eigenvalue weighted by molar-refractivity contribution is 14.1. The molecule has 0 fully saturated rings. The van der Waals surface area contributed by atoms with E-state index in [2.05, 4.69) is 32.6 Å². The summed E-state index contributed by atoms with van der Waals surface area (Å²) in [5.41, 5.74) is 2.06. The number of hydrogen-bond donors (Lipinski definition) is 0. The summed E-state index contributed by atoms with van der Waals surface area (Å²) in [4.78, 5) is 8.61. The highest BCUT2D eigenvalue weighted by atomic mass is 127. The second-order valence-corrected chi connectivity index (χ2v) is 5.76. The first kappa shape index (κ1) is 13.4. The Morgan fingerprint density at radius 2 is 1.85 bits per heavy atom. The first-order valence-electron chi connectivity index (χ1n) is 5.96. The fraction of sp³-hybridized carbons (Fsp3) is 0.143. The zero-order valence-corrected chi connectivity index (χ0v) is 12.7. The third-order valence-corrected chi connectivity index (χ3v) is 3.62. The quantitative estimate of drug-likeness (QED) is 0.631. The summed E-state index contributed by atoms with van der Waals surface area (Å²) >= 11 is 2.17. The molecule has 1 aromatic carbocycles. The van der Waals surface area contributed by atoms with Crippen molar-refractivity contribution in [2.75, 3.05) is 0 Å². The van der Waals surface area contributed by atoms with E-state index >= 15 is 0 Å². The van der Waals surface area contributed by atoms with E-state index in [1.165, 1.54) is 12.1 Å². The highest BCUT2D eigenvalue weighted by Crippen LogP contribution is 2.19. The van der Waals surface area contributed by atoms with Crippen LogP contribution in [-0.4, -0.2) is 14.5 Å². The molecule has 0 amide bonds. The number of nitrogens with zero attached hydrogens (tertiary/aromatic N) is 3. The fourth-order valence-corrected chi connectivity index (χ4v) is 2.61. The van der Waals surface area contributed by atoms with Crippen LogP contribution in [0.2, 0.25) is 0 Å². The molecule has 102 valence electrons. The zero-order valence-electron chi connectivity index (χ0n) is 10.6. The lowest BCUT2D eigenvalue weighted by atomic mass is 10.2. The normalized spacial score (nSPS) is 11.2. The maximum Gasteiger partial charge on any atom is 0.177 e. The van der Waals surface area contributed by atoms with Gasteiger partial charge < -0.3 is 4.57 Å². The molecular formula is C14H10F2IN3. The second-order valence-electron chi connectivity index (χ2n) is 4.52. The van der Waals surface area contributed by atoms with E-state index in [-0.39, 0.29) is 0 Å². The van der Waals surface area contributed by atoms with Gasteiger partial charge in [-0.1, -0.05) is 0 Å². The number of hydrogen-bond acceptors (Lipinski definition) is 2. The molecule has 0 saturated heterocycles. The minimum atomic E-state index is -0.574. The molecule has 2 aromatic heterocycles. The fourth-order valence-electron chi connectivity index (χ4n) is 2.18. The molecule has 0 aliphatic heterocycles. The van der Waals surface area contributed by atoms with E-state index < -0.39 is 11.6 Å².